The number of rotatable bonds is 5. The van der Waals surface area contributed by atoms with Crippen molar-refractivity contribution in [1.82, 2.24) is 5.32 Å². The first kappa shape index (κ1) is 20.9. The van der Waals surface area contributed by atoms with E-state index in [1.54, 1.807) is 30.3 Å². The van der Waals surface area contributed by atoms with Crippen molar-refractivity contribution in [2.45, 2.75) is 19.9 Å². The third-order valence-corrected chi connectivity index (χ3v) is 5.63. The van der Waals surface area contributed by atoms with Crippen LogP contribution in [0, 0.1) is 12.8 Å². The van der Waals surface area contributed by atoms with E-state index in [2.05, 4.69) is 10.6 Å². The summed E-state index contributed by atoms with van der Waals surface area (Å²) in [6.45, 7) is 2.85. The number of fused-ring (bicyclic) bond motifs is 1. The van der Waals surface area contributed by atoms with E-state index in [1.165, 1.54) is 0 Å². The molecule has 6 heteroatoms. The lowest BCUT2D eigenvalue weighted by Gasteiger charge is -2.25. The molecule has 0 radical (unpaired) electrons. The molecule has 1 aliphatic heterocycles. The maximum atomic E-state index is 12.7. The number of amides is 2. The van der Waals surface area contributed by atoms with E-state index in [0.29, 0.717) is 35.8 Å². The molecule has 0 unspecified atom stereocenters. The molecule has 0 aromatic heterocycles. The van der Waals surface area contributed by atoms with Crippen molar-refractivity contribution in [2.75, 3.05) is 11.9 Å². The van der Waals surface area contributed by atoms with Gasteiger partial charge < -0.3 is 15.4 Å². The van der Waals surface area contributed by atoms with Gasteiger partial charge in [-0.25, -0.2) is 0 Å². The van der Waals surface area contributed by atoms with E-state index in [0.717, 1.165) is 22.4 Å². The summed E-state index contributed by atoms with van der Waals surface area (Å²) in [7, 11) is 0. The maximum Gasteiger partial charge on any atom is 0.255 e. The molecule has 0 saturated carbocycles. The molecular formula is C25H23ClN2O3. The zero-order valence-corrected chi connectivity index (χ0v) is 17.9. The molecule has 1 aliphatic rings. The van der Waals surface area contributed by atoms with Crippen LogP contribution in [0.25, 0.3) is 0 Å². The minimum atomic E-state index is -0.282. The van der Waals surface area contributed by atoms with Crippen LogP contribution in [-0.2, 0) is 17.8 Å². The van der Waals surface area contributed by atoms with Gasteiger partial charge in [0.1, 0.15) is 12.4 Å². The Bertz CT molecular complexity index is 1130. The largest absolute Gasteiger partial charge is 0.492 e. The molecule has 3 aromatic rings. The van der Waals surface area contributed by atoms with Gasteiger partial charge in [-0.1, -0.05) is 41.9 Å². The lowest BCUT2D eigenvalue weighted by Crippen LogP contribution is -2.37. The van der Waals surface area contributed by atoms with Crippen LogP contribution in [-0.4, -0.2) is 18.4 Å². The number of hydrogen-bond acceptors (Lipinski definition) is 3. The predicted octanol–water partition coefficient (Wildman–Crippen LogP) is 4.77. The fourth-order valence-electron chi connectivity index (χ4n) is 3.61. The minimum absolute atomic E-state index is 0.0396. The summed E-state index contributed by atoms with van der Waals surface area (Å²) in [6, 6.07) is 20.2. The Morgan fingerprint density at radius 3 is 2.71 bits per heavy atom. The number of carbonyl (C=O) groups excluding carboxylic acids is 2. The van der Waals surface area contributed by atoms with Crippen LogP contribution >= 0.6 is 11.6 Å². The standard InChI is InChI=1S/C25H23ClN2O3/c1-16-5-2-3-6-18(16)14-27-24(29)20-11-19-13-22(9-10-23(19)31-15-20)28-25(30)17-7-4-8-21(26)12-17/h2-10,12-13,20H,11,14-15H2,1H3,(H,27,29)(H,28,30)/t20-/m1/s1. The first-order valence-corrected chi connectivity index (χ1v) is 10.5. The number of ether oxygens (including phenoxy) is 1. The molecule has 1 heterocycles. The normalized spacial score (nSPS) is 14.8. The van der Waals surface area contributed by atoms with Crippen molar-refractivity contribution in [2.24, 2.45) is 5.92 Å². The highest BCUT2D eigenvalue weighted by atomic mass is 35.5. The molecule has 0 bridgehead atoms. The Kier molecular flexibility index (Phi) is 6.23. The van der Waals surface area contributed by atoms with Gasteiger partial charge in [0.25, 0.3) is 5.91 Å². The van der Waals surface area contributed by atoms with Gasteiger partial charge in [-0.15, -0.1) is 0 Å². The van der Waals surface area contributed by atoms with Crippen LogP contribution in [0.1, 0.15) is 27.0 Å². The molecule has 2 amide bonds. The van der Waals surface area contributed by atoms with Crippen LogP contribution in [0.15, 0.2) is 66.7 Å². The van der Waals surface area contributed by atoms with E-state index in [-0.39, 0.29) is 17.7 Å². The maximum absolute atomic E-state index is 12.7. The van der Waals surface area contributed by atoms with Gasteiger partial charge in [-0.2, -0.15) is 0 Å². The highest BCUT2D eigenvalue weighted by molar-refractivity contribution is 6.31. The third kappa shape index (κ3) is 5.06. The lowest BCUT2D eigenvalue weighted by molar-refractivity contribution is -0.126. The Morgan fingerprint density at radius 2 is 1.90 bits per heavy atom. The minimum Gasteiger partial charge on any atom is -0.492 e. The summed E-state index contributed by atoms with van der Waals surface area (Å²) in [5.74, 6) is 0.174. The summed E-state index contributed by atoms with van der Waals surface area (Å²) in [5, 5.41) is 6.40. The highest BCUT2D eigenvalue weighted by Crippen LogP contribution is 2.30. The van der Waals surface area contributed by atoms with E-state index < -0.39 is 0 Å². The second kappa shape index (κ2) is 9.23. The first-order valence-electron chi connectivity index (χ1n) is 10.1. The molecule has 0 saturated heterocycles. The van der Waals surface area contributed by atoms with Gasteiger partial charge in [0.2, 0.25) is 5.91 Å². The predicted molar refractivity (Wildman–Crippen MR) is 122 cm³/mol. The third-order valence-electron chi connectivity index (χ3n) is 5.40. The second-order valence-electron chi connectivity index (χ2n) is 7.64. The van der Waals surface area contributed by atoms with Crippen molar-refractivity contribution in [1.29, 1.82) is 0 Å². The van der Waals surface area contributed by atoms with Gasteiger partial charge in [0, 0.05) is 22.8 Å². The van der Waals surface area contributed by atoms with E-state index in [4.69, 9.17) is 16.3 Å². The first-order chi connectivity index (χ1) is 15.0. The Morgan fingerprint density at radius 1 is 1.06 bits per heavy atom. The number of nitrogens with one attached hydrogen (secondary N) is 2. The molecule has 4 rings (SSSR count). The van der Waals surface area contributed by atoms with Gasteiger partial charge >= 0.3 is 0 Å². The number of benzene rings is 3. The zero-order chi connectivity index (χ0) is 21.8. The topological polar surface area (TPSA) is 67.4 Å². The summed E-state index contributed by atoms with van der Waals surface area (Å²) < 4.78 is 5.80. The summed E-state index contributed by atoms with van der Waals surface area (Å²) >= 11 is 5.97. The Balaban J connectivity index is 1.40. The van der Waals surface area contributed by atoms with Crippen molar-refractivity contribution >= 4 is 29.1 Å². The molecule has 3 aromatic carbocycles. The van der Waals surface area contributed by atoms with Gasteiger partial charge in [0.05, 0.1) is 5.92 Å². The molecular weight excluding hydrogens is 412 g/mol. The average Bonchev–Trinajstić information content (AvgIpc) is 2.78. The van der Waals surface area contributed by atoms with Crippen LogP contribution in [0.5, 0.6) is 5.75 Å². The van der Waals surface area contributed by atoms with Crippen LogP contribution < -0.4 is 15.4 Å². The smallest absolute Gasteiger partial charge is 0.255 e. The average molecular weight is 435 g/mol. The van der Waals surface area contributed by atoms with E-state index >= 15 is 0 Å². The molecule has 31 heavy (non-hydrogen) atoms. The number of carbonyl (C=O) groups is 2. The molecule has 5 nitrogen and oxygen atoms in total. The Labute approximate surface area is 186 Å². The summed E-state index contributed by atoms with van der Waals surface area (Å²) in [6.07, 6.45) is 0.551. The van der Waals surface area contributed by atoms with Gasteiger partial charge in [-0.3, -0.25) is 9.59 Å². The number of halogens is 1. The number of aryl methyl sites for hydroxylation is 1. The van der Waals surface area contributed by atoms with E-state index in [1.807, 2.05) is 43.3 Å². The van der Waals surface area contributed by atoms with Crippen molar-refractivity contribution in [3.8, 4) is 5.75 Å². The Hall–Kier alpha value is -3.31. The molecule has 0 spiro atoms. The highest BCUT2D eigenvalue weighted by Gasteiger charge is 2.26. The van der Waals surface area contributed by atoms with Crippen LogP contribution in [0.4, 0.5) is 5.69 Å². The van der Waals surface area contributed by atoms with Gasteiger partial charge in [-0.05, 0) is 66.4 Å². The zero-order valence-electron chi connectivity index (χ0n) is 17.2. The number of hydrogen-bond donors (Lipinski definition) is 2. The second-order valence-corrected chi connectivity index (χ2v) is 8.08. The monoisotopic (exact) mass is 434 g/mol. The van der Waals surface area contributed by atoms with Crippen LogP contribution in [0.2, 0.25) is 5.02 Å². The van der Waals surface area contributed by atoms with Crippen molar-refractivity contribution in [3.05, 3.63) is 94.0 Å². The molecule has 0 aliphatic carbocycles. The van der Waals surface area contributed by atoms with Crippen LogP contribution in [0.3, 0.4) is 0 Å². The van der Waals surface area contributed by atoms with Crippen molar-refractivity contribution < 1.29 is 14.3 Å². The molecule has 158 valence electrons. The fraction of sp³-hybridized carbons (Fsp3) is 0.200. The SMILES string of the molecule is Cc1ccccc1CNC(=O)[C@H]1COc2ccc(NC(=O)c3cccc(Cl)c3)cc2C1. The van der Waals surface area contributed by atoms with Gasteiger partial charge in [0.15, 0.2) is 0 Å². The fourth-order valence-corrected chi connectivity index (χ4v) is 3.80. The quantitative estimate of drug-likeness (QED) is 0.608. The lowest BCUT2D eigenvalue weighted by atomic mass is 9.95. The van der Waals surface area contributed by atoms with Crippen molar-refractivity contribution in [3.63, 3.8) is 0 Å². The summed E-state index contributed by atoms with van der Waals surface area (Å²) in [4.78, 5) is 25.2. The molecule has 0 fully saturated rings. The molecule has 1 atom stereocenters. The van der Waals surface area contributed by atoms with E-state index in [9.17, 15) is 9.59 Å². The summed E-state index contributed by atoms with van der Waals surface area (Å²) in [5.41, 5.74) is 4.27. The molecule has 2 N–H and O–H groups in total. The number of anilines is 1.